The fourth-order valence-corrected chi connectivity index (χ4v) is 2.19. The van der Waals surface area contributed by atoms with Gasteiger partial charge in [-0.05, 0) is 37.3 Å². The minimum atomic E-state index is -1.35. The molecule has 0 fully saturated rings. The maximum Gasteiger partial charge on any atom is 0.339 e. The van der Waals surface area contributed by atoms with Gasteiger partial charge in [0.25, 0.3) is 11.8 Å². The van der Waals surface area contributed by atoms with E-state index in [-0.39, 0.29) is 23.7 Å². The summed E-state index contributed by atoms with van der Waals surface area (Å²) >= 11 is 0. The van der Waals surface area contributed by atoms with Gasteiger partial charge in [-0.3, -0.25) is 9.59 Å². The summed E-state index contributed by atoms with van der Waals surface area (Å²) in [5.74, 6) is -4.13. The lowest BCUT2D eigenvalue weighted by Gasteiger charge is -2.15. The first-order valence-electron chi connectivity index (χ1n) is 8.28. The van der Waals surface area contributed by atoms with Gasteiger partial charge in [0, 0.05) is 0 Å². The lowest BCUT2D eigenvalue weighted by molar-refractivity contribution is -0.123. The van der Waals surface area contributed by atoms with E-state index in [0.29, 0.717) is 0 Å². The number of benzene rings is 2. The molecule has 0 aliphatic heterocycles. The highest BCUT2D eigenvalue weighted by Crippen LogP contribution is 2.28. The molecule has 3 N–H and O–H groups in total. The van der Waals surface area contributed by atoms with Crippen LogP contribution in [0.3, 0.4) is 0 Å². The number of halogens is 2. The zero-order valence-electron chi connectivity index (χ0n) is 15.5. The number of nitrogens with two attached hydrogens (primary N) is 1. The summed E-state index contributed by atoms with van der Waals surface area (Å²) in [6.07, 6.45) is -1.35. The standard InChI is InChI=1S/C19H18F2N2O6/c1-10(18(25)23-17-12(20)4-3-5-13(17)21)29-19(26)11-6-7-14(15(8-11)27-2)28-9-16(22)24/h3-8,10H,9H2,1-2H3,(H2,22,24)(H,23,25)/t10-/m0/s1. The van der Waals surface area contributed by atoms with Crippen LogP contribution in [0.5, 0.6) is 11.5 Å². The number of ether oxygens (including phenoxy) is 3. The van der Waals surface area contributed by atoms with E-state index in [1.54, 1.807) is 0 Å². The van der Waals surface area contributed by atoms with Crippen molar-refractivity contribution < 1.29 is 37.4 Å². The maximum atomic E-state index is 13.6. The first-order chi connectivity index (χ1) is 13.7. The topological polar surface area (TPSA) is 117 Å². The number of anilines is 1. The Labute approximate surface area is 164 Å². The van der Waals surface area contributed by atoms with Crippen LogP contribution in [-0.2, 0) is 14.3 Å². The summed E-state index contributed by atoms with van der Waals surface area (Å²) in [6.45, 7) is 0.859. The molecule has 0 aromatic heterocycles. The van der Waals surface area contributed by atoms with Crippen molar-refractivity contribution in [1.29, 1.82) is 0 Å². The SMILES string of the molecule is COc1cc(C(=O)O[C@@H](C)C(=O)Nc2c(F)cccc2F)ccc1OCC(N)=O. The molecule has 2 aromatic carbocycles. The molecule has 0 saturated carbocycles. The van der Waals surface area contributed by atoms with Crippen LogP contribution in [-0.4, -0.2) is 37.6 Å². The minimum absolute atomic E-state index is 0.0185. The van der Waals surface area contributed by atoms with E-state index in [4.69, 9.17) is 19.9 Å². The Balaban J connectivity index is 2.06. The molecule has 8 nitrogen and oxygen atoms in total. The second kappa shape index (κ2) is 9.49. The van der Waals surface area contributed by atoms with Crippen LogP contribution in [0, 0.1) is 11.6 Å². The molecule has 0 aliphatic carbocycles. The molecule has 2 rings (SSSR count). The highest BCUT2D eigenvalue weighted by molar-refractivity contribution is 5.97. The monoisotopic (exact) mass is 408 g/mol. The lowest BCUT2D eigenvalue weighted by Crippen LogP contribution is -2.30. The number of primary amides is 1. The molecular weight excluding hydrogens is 390 g/mol. The van der Waals surface area contributed by atoms with E-state index >= 15 is 0 Å². The summed E-state index contributed by atoms with van der Waals surface area (Å²) in [5, 5.41) is 2.04. The molecule has 1 atom stereocenters. The number of hydrogen-bond acceptors (Lipinski definition) is 6. The molecule has 2 amide bonds. The molecule has 154 valence electrons. The normalized spacial score (nSPS) is 11.3. The third kappa shape index (κ3) is 5.64. The number of carbonyl (C=O) groups is 3. The number of amides is 2. The van der Waals surface area contributed by atoms with Gasteiger partial charge >= 0.3 is 5.97 Å². The average Bonchev–Trinajstić information content (AvgIpc) is 2.68. The summed E-state index contributed by atoms with van der Waals surface area (Å²) in [7, 11) is 1.32. The van der Waals surface area contributed by atoms with Gasteiger partial charge in [-0.15, -0.1) is 0 Å². The van der Waals surface area contributed by atoms with Crippen molar-refractivity contribution in [2.24, 2.45) is 5.73 Å². The van der Waals surface area contributed by atoms with Crippen molar-refractivity contribution in [2.45, 2.75) is 13.0 Å². The van der Waals surface area contributed by atoms with Crippen LogP contribution < -0.4 is 20.5 Å². The van der Waals surface area contributed by atoms with Gasteiger partial charge in [0.1, 0.15) is 17.3 Å². The highest BCUT2D eigenvalue weighted by atomic mass is 19.1. The Morgan fingerprint density at radius 3 is 2.34 bits per heavy atom. The zero-order valence-corrected chi connectivity index (χ0v) is 15.5. The van der Waals surface area contributed by atoms with Crippen LogP contribution in [0.4, 0.5) is 14.5 Å². The number of methoxy groups -OCH3 is 1. The number of rotatable bonds is 8. The average molecular weight is 408 g/mol. The number of hydrogen-bond donors (Lipinski definition) is 2. The molecule has 2 aromatic rings. The van der Waals surface area contributed by atoms with Gasteiger partial charge in [0.05, 0.1) is 12.7 Å². The summed E-state index contributed by atoms with van der Waals surface area (Å²) in [5.41, 5.74) is 4.38. The van der Waals surface area contributed by atoms with Gasteiger partial charge in [-0.25, -0.2) is 13.6 Å². The molecule has 10 heteroatoms. The molecule has 0 radical (unpaired) electrons. The molecule has 0 bridgehead atoms. The van der Waals surface area contributed by atoms with Gasteiger partial charge in [-0.2, -0.15) is 0 Å². The molecule has 29 heavy (non-hydrogen) atoms. The van der Waals surface area contributed by atoms with Crippen LogP contribution in [0.25, 0.3) is 0 Å². The Morgan fingerprint density at radius 2 is 1.76 bits per heavy atom. The number of nitrogens with one attached hydrogen (secondary N) is 1. The molecule has 0 spiro atoms. The van der Waals surface area contributed by atoms with Crippen LogP contribution in [0.2, 0.25) is 0 Å². The molecule has 0 unspecified atom stereocenters. The Morgan fingerprint density at radius 1 is 1.10 bits per heavy atom. The van der Waals surface area contributed by atoms with Gasteiger partial charge in [0.2, 0.25) is 0 Å². The maximum absolute atomic E-state index is 13.6. The fraction of sp³-hybridized carbons (Fsp3) is 0.211. The largest absolute Gasteiger partial charge is 0.493 e. The second-order valence-corrected chi connectivity index (χ2v) is 5.75. The minimum Gasteiger partial charge on any atom is -0.493 e. The van der Waals surface area contributed by atoms with E-state index in [9.17, 15) is 23.2 Å². The van der Waals surface area contributed by atoms with Gasteiger partial charge in [-0.1, -0.05) is 6.07 Å². The van der Waals surface area contributed by atoms with E-state index in [0.717, 1.165) is 18.2 Å². The zero-order chi connectivity index (χ0) is 21.6. The second-order valence-electron chi connectivity index (χ2n) is 5.75. The highest BCUT2D eigenvalue weighted by Gasteiger charge is 2.22. The Bertz CT molecular complexity index is 915. The Hall–Kier alpha value is -3.69. The summed E-state index contributed by atoms with van der Waals surface area (Å²) in [6, 6.07) is 7.06. The third-order valence-electron chi connectivity index (χ3n) is 3.63. The summed E-state index contributed by atoms with van der Waals surface area (Å²) < 4.78 is 42.5. The van der Waals surface area contributed by atoms with E-state index in [2.05, 4.69) is 0 Å². The predicted molar refractivity (Wildman–Crippen MR) is 97.5 cm³/mol. The molecule has 0 heterocycles. The molecular formula is C19H18F2N2O6. The van der Waals surface area contributed by atoms with Crippen LogP contribution in [0.15, 0.2) is 36.4 Å². The van der Waals surface area contributed by atoms with E-state index in [1.165, 1.54) is 32.2 Å². The van der Waals surface area contributed by atoms with Crippen molar-refractivity contribution in [2.75, 3.05) is 19.0 Å². The van der Waals surface area contributed by atoms with Crippen molar-refractivity contribution >= 4 is 23.5 Å². The predicted octanol–water partition coefficient (Wildman–Crippen LogP) is 2.02. The van der Waals surface area contributed by atoms with Crippen molar-refractivity contribution in [3.8, 4) is 11.5 Å². The third-order valence-corrected chi connectivity index (χ3v) is 3.63. The first kappa shape index (κ1) is 21.6. The van der Waals surface area contributed by atoms with E-state index in [1.807, 2.05) is 5.32 Å². The lowest BCUT2D eigenvalue weighted by atomic mass is 10.2. The smallest absolute Gasteiger partial charge is 0.339 e. The van der Waals surface area contributed by atoms with Crippen molar-refractivity contribution in [3.05, 3.63) is 53.6 Å². The number of carbonyl (C=O) groups excluding carboxylic acids is 3. The van der Waals surface area contributed by atoms with Crippen molar-refractivity contribution in [3.63, 3.8) is 0 Å². The van der Waals surface area contributed by atoms with Gasteiger partial charge < -0.3 is 25.3 Å². The van der Waals surface area contributed by atoms with E-state index < -0.39 is 41.2 Å². The summed E-state index contributed by atoms with van der Waals surface area (Å²) in [4.78, 5) is 35.2. The first-order valence-corrected chi connectivity index (χ1v) is 8.28. The Kier molecular flexibility index (Phi) is 7.07. The fourth-order valence-electron chi connectivity index (χ4n) is 2.19. The van der Waals surface area contributed by atoms with Crippen molar-refractivity contribution in [1.82, 2.24) is 0 Å². The molecule has 0 aliphatic rings. The van der Waals surface area contributed by atoms with Crippen LogP contribution >= 0.6 is 0 Å². The van der Waals surface area contributed by atoms with Gasteiger partial charge in [0.15, 0.2) is 24.2 Å². The molecule has 0 saturated heterocycles. The number of para-hydroxylation sites is 1. The number of esters is 1. The quantitative estimate of drug-likeness (QED) is 0.646. The van der Waals surface area contributed by atoms with Crippen LogP contribution in [0.1, 0.15) is 17.3 Å².